The van der Waals surface area contributed by atoms with E-state index in [9.17, 15) is 18.4 Å². The maximum Gasteiger partial charge on any atom is 0.260 e. The number of nitrogens with zero attached hydrogens (tertiary/aromatic N) is 2. The van der Waals surface area contributed by atoms with Crippen molar-refractivity contribution >= 4 is 23.3 Å². The zero-order chi connectivity index (χ0) is 20.4. The van der Waals surface area contributed by atoms with Gasteiger partial charge in [0.05, 0.1) is 11.9 Å². The summed E-state index contributed by atoms with van der Waals surface area (Å²) < 4.78 is 26.1. The Morgan fingerprint density at radius 3 is 2.52 bits per heavy atom. The van der Waals surface area contributed by atoms with Gasteiger partial charge in [-0.1, -0.05) is 30.3 Å². The third-order valence-corrected chi connectivity index (χ3v) is 4.57. The average Bonchev–Trinajstić information content (AvgIpc) is 3.38. The van der Waals surface area contributed by atoms with E-state index < -0.39 is 30.1 Å². The number of carbonyl (C=O) groups excluding carboxylic acids is 2. The number of rotatable bonds is 5. The Bertz CT molecular complexity index is 1070. The number of amides is 2. The molecule has 1 atom stereocenters. The molecule has 0 spiro atoms. The van der Waals surface area contributed by atoms with Crippen LogP contribution in [0.25, 0.3) is 11.1 Å². The second-order valence-electron chi connectivity index (χ2n) is 6.68. The van der Waals surface area contributed by atoms with Gasteiger partial charge in [-0.05, 0) is 23.8 Å². The molecule has 1 saturated carbocycles. The molecule has 146 valence electrons. The standard InChI is InChI=1S/C21H16F2N4O2/c22-21(23)11-16(21)20(29)27-18-10-14(6-9-25-18)19(28)26-17-12-24-8-7-15(17)13-4-2-1-3-5-13/h1-10,12,16H,11H2,(H,26,28)(H,25,27,29). The minimum absolute atomic E-state index is 0.0415. The summed E-state index contributed by atoms with van der Waals surface area (Å²) in [7, 11) is 0. The highest BCUT2D eigenvalue weighted by Crippen LogP contribution is 2.49. The number of carbonyl (C=O) groups is 2. The van der Waals surface area contributed by atoms with Crippen molar-refractivity contribution in [1.82, 2.24) is 9.97 Å². The van der Waals surface area contributed by atoms with Crippen molar-refractivity contribution in [3.8, 4) is 11.1 Å². The number of nitrogens with one attached hydrogen (secondary N) is 2. The lowest BCUT2D eigenvalue weighted by molar-refractivity contribution is -0.119. The van der Waals surface area contributed by atoms with E-state index in [-0.39, 0.29) is 11.4 Å². The van der Waals surface area contributed by atoms with Crippen molar-refractivity contribution in [3.63, 3.8) is 0 Å². The third kappa shape index (κ3) is 4.11. The van der Waals surface area contributed by atoms with Crippen LogP contribution in [0.2, 0.25) is 0 Å². The molecule has 1 aliphatic carbocycles. The molecular formula is C21H16F2N4O2. The van der Waals surface area contributed by atoms with E-state index in [1.165, 1.54) is 18.3 Å². The molecular weight excluding hydrogens is 378 g/mol. The summed E-state index contributed by atoms with van der Waals surface area (Å²) in [5.74, 6) is -5.51. The molecule has 2 amide bonds. The van der Waals surface area contributed by atoms with Gasteiger partial charge in [-0.2, -0.15) is 0 Å². The van der Waals surface area contributed by atoms with E-state index >= 15 is 0 Å². The lowest BCUT2D eigenvalue weighted by atomic mass is 10.1. The Morgan fingerprint density at radius 2 is 1.79 bits per heavy atom. The molecule has 1 aliphatic rings. The van der Waals surface area contributed by atoms with Crippen LogP contribution < -0.4 is 10.6 Å². The summed E-state index contributed by atoms with van der Waals surface area (Å²) in [4.78, 5) is 32.5. The quantitative estimate of drug-likeness (QED) is 0.685. The molecule has 8 heteroatoms. The molecule has 4 rings (SSSR count). The molecule has 2 N–H and O–H groups in total. The van der Waals surface area contributed by atoms with E-state index in [4.69, 9.17) is 0 Å². The highest BCUT2D eigenvalue weighted by atomic mass is 19.3. The Morgan fingerprint density at radius 1 is 1.03 bits per heavy atom. The molecule has 0 radical (unpaired) electrons. The monoisotopic (exact) mass is 394 g/mol. The van der Waals surface area contributed by atoms with E-state index in [2.05, 4.69) is 20.6 Å². The first-order valence-corrected chi connectivity index (χ1v) is 8.89. The Hall–Kier alpha value is -3.68. The van der Waals surface area contributed by atoms with Crippen LogP contribution >= 0.6 is 0 Å². The summed E-state index contributed by atoms with van der Waals surface area (Å²) in [5, 5.41) is 5.13. The van der Waals surface area contributed by atoms with Crippen molar-refractivity contribution in [1.29, 1.82) is 0 Å². The SMILES string of the molecule is O=C(Nc1cnccc1-c1ccccc1)c1ccnc(NC(=O)C2CC2(F)F)c1. The summed E-state index contributed by atoms with van der Waals surface area (Å²) >= 11 is 0. The molecule has 0 saturated heterocycles. The minimum Gasteiger partial charge on any atom is -0.320 e. The van der Waals surface area contributed by atoms with Crippen LogP contribution in [0, 0.1) is 5.92 Å². The fourth-order valence-electron chi connectivity index (χ4n) is 2.91. The number of benzene rings is 1. The van der Waals surface area contributed by atoms with Crippen LogP contribution in [0.1, 0.15) is 16.8 Å². The van der Waals surface area contributed by atoms with Gasteiger partial charge < -0.3 is 10.6 Å². The second-order valence-corrected chi connectivity index (χ2v) is 6.68. The van der Waals surface area contributed by atoms with Crippen molar-refractivity contribution in [2.75, 3.05) is 10.6 Å². The Kier molecular flexibility index (Phi) is 4.75. The normalized spacial score (nSPS) is 16.7. The van der Waals surface area contributed by atoms with Crippen LogP contribution in [0.15, 0.2) is 67.1 Å². The first kappa shape index (κ1) is 18.7. The number of alkyl halides is 2. The molecule has 3 aromatic rings. The van der Waals surface area contributed by atoms with Gasteiger partial charge in [-0.25, -0.2) is 13.8 Å². The summed E-state index contributed by atoms with van der Waals surface area (Å²) in [6.07, 6.45) is 4.03. The zero-order valence-electron chi connectivity index (χ0n) is 15.1. The molecule has 0 aliphatic heterocycles. The smallest absolute Gasteiger partial charge is 0.260 e. The van der Waals surface area contributed by atoms with E-state index in [1.54, 1.807) is 18.5 Å². The molecule has 2 heterocycles. The minimum atomic E-state index is -2.97. The van der Waals surface area contributed by atoms with Crippen molar-refractivity contribution in [3.05, 3.63) is 72.7 Å². The molecule has 1 fully saturated rings. The largest absolute Gasteiger partial charge is 0.320 e. The summed E-state index contributed by atoms with van der Waals surface area (Å²) in [6.45, 7) is 0. The van der Waals surface area contributed by atoms with Gasteiger partial charge in [-0.3, -0.25) is 14.6 Å². The molecule has 29 heavy (non-hydrogen) atoms. The van der Waals surface area contributed by atoms with Gasteiger partial charge in [0, 0.05) is 29.9 Å². The second kappa shape index (κ2) is 7.38. The highest BCUT2D eigenvalue weighted by molar-refractivity contribution is 6.07. The third-order valence-electron chi connectivity index (χ3n) is 4.57. The van der Waals surface area contributed by atoms with Crippen molar-refractivity contribution < 1.29 is 18.4 Å². The number of pyridine rings is 2. The van der Waals surface area contributed by atoms with E-state index in [1.807, 2.05) is 30.3 Å². The fraction of sp³-hybridized carbons (Fsp3) is 0.143. The number of anilines is 2. The van der Waals surface area contributed by atoms with Crippen LogP contribution in [0.4, 0.5) is 20.3 Å². The van der Waals surface area contributed by atoms with Gasteiger partial charge in [-0.15, -0.1) is 0 Å². The lowest BCUT2D eigenvalue weighted by Gasteiger charge is -2.11. The van der Waals surface area contributed by atoms with Gasteiger partial charge >= 0.3 is 0 Å². The molecule has 0 bridgehead atoms. The Balaban J connectivity index is 1.51. The average molecular weight is 394 g/mol. The van der Waals surface area contributed by atoms with Gasteiger partial charge in [0.15, 0.2) is 0 Å². The number of aromatic nitrogens is 2. The highest BCUT2D eigenvalue weighted by Gasteiger charge is 2.61. The van der Waals surface area contributed by atoms with Gasteiger partial charge in [0.1, 0.15) is 11.7 Å². The maximum atomic E-state index is 13.0. The predicted octanol–water partition coefficient (Wildman–Crippen LogP) is 3.99. The van der Waals surface area contributed by atoms with E-state index in [0.29, 0.717) is 5.69 Å². The first-order valence-electron chi connectivity index (χ1n) is 8.89. The molecule has 6 nitrogen and oxygen atoms in total. The molecule has 2 aromatic heterocycles. The van der Waals surface area contributed by atoms with Crippen LogP contribution in [-0.4, -0.2) is 27.7 Å². The summed E-state index contributed by atoms with van der Waals surface area (Å²) in [5.41, 5.74) is 2.45. The molecule has 1 unspecified atom stereocenters. The number of halogens is 2. The number of hydrogen-bond donors (Lipinski definition) is 2. The van der Waals surface area contributed by atoms with E-state index in [0.717, 1.165) is 11.1 Å². The van der Waals surface area contributed by atoms with Crippen LogP contribution in [-0.2, 0) is 4.79 Å². The van der Waals surface area contributed by atoms with Crippen LogP contribution in [0.5, 0.6) is 0 Å². The molecule has 1 aromatic carbocycles. The predicted molar refractivity (Wildman–Crippen MR) is 104 cm³/mol. The van der Waals surface area contributed by atoms with Gasteiger partial charge in [0.2, 0.25) is 5.91 Å². The lowest BCUT2D eigenvalue weighted by Crippen LogP contribution is -2.19. The van der Waals surface area contributed by atoms with Gasteiger partial charge in [0.25, 0.3) is 11.8 Å². The fourth-order valence-corrected chi connectivity index (χ4v) is 2.91. The van der Waals surface area contributed by atoms with Crippen molar-refractivity contribution in [2.24, 2.45) is 5.92 Å². The number of hydrogen-bond acceptors (Lipinski definition) is 4. The topological polar surface area (TPSA) is 84.0 Å². The maximum absolute atomic E-state index is 13.0. The first-order chi connectivity index (χ1) is 13.9. The zero-order valence-corrected chi connectivity index (χ0v) is 15.1. The summed E-state index contributed by atoms with van der Waals surface area (Å²) in [6, 6.07) is 14.1. The van der Waals surface area contributed by atoms with Crippen LogP contribution in [0.3, 0.4) is 0 Å². The Labute approximate surface area is 165 Å². The van der Waals surface area contributed by atoms with Crippen molar-refractivity contribution in [2.45, 2.75) is 12.3 Å².